The first-order valence-corrected chi connectivity index (χ1v) is 17.6. The van der Waals surface area contributed by atoms with E-state index in [-0.39, 0.29) is 0 Å². The van der Waals surface area contributed by atoms with Crippen LogP contribution in [0.15, 0.2) is 199 Å². The van der Waals surface area contributed by atoms with E-state index in [1.807, 2.05) is 30.3 Å². The van der Waals surface area contributed by atoms with Gasteiger partial charge in [0.25, 0.3) is 0 Å². The van der Waals surface area contributed by atoms with E-state index >= 15 is 0 Å². The Morgan fingerprint density at radius 1 is 0.385 bits per heavy atom. The molecule has 52 heavy (non-hydrogen) atoms. The van der Waals surface area contributed by atoms with E-state index < -0.39 is 0 Å². The fourth-order valence-corrected chi connectivity index (χ4v) is 7.60. The Morgan fingerprint density at radius 3 is 1.54 bits per heavy atom. The molecule has 1 heterocycles. The highest BCUT2D eigenvalue weighted by Gasteiger charge is 2.20. The molecule has 0 saturated heterocycles. The summed E-state index contributed by atoms with van der Waals surface area (Å²) < 4.78 is 6.63. The Bertz CT molecular complexity index is 2810. The summed E-state index contributed by atoms with van der Waals surface area (Å²) in [6, 6.07) is 68.8. The van der Waals surface area contributed by atoms with Crippen molar-refractivity contribution in [3.05, 3.63) is 194 Å². The lowest BCUT2D eigenvalue weighted by Crippen LogP contribution is -2.10. The molecule has 0 amide bonds. The molecule has 0 aliphatic rings. The first-order chi connectivity index (χ1) is 25.8. The summed E-state index contributed by atoms with van der Waals surface area (Å²) in [5.74, 6) is 0.629. The van der Waals surface area contributed by atoms with Gasteiger partial charge in [0.1, 0.15) is 5.52 Å². The number of fused-ring (bicyclic) bond motifs is 7. The predicted molar refractivity (Wildman–Crippen MR) is 218 cm³/mol. The van der Waals surface area contributed by atoms with E-state index in [1.54, 1.807) is 0 Å². The number of benzene rings is 9. The monoisotopic (exact) mass is 664 g/mol. The molecule has 0 aliphatic carbocycles. The fraction of sp³-hybridized carbons (Fsp3) is 0. The largest absolute Gasteiger partial charge is 0.435 e. The van der Waals surface area contributed by atoms with Gasteiger partial charge in [-0.15, -0.1) is 0 Å². The topological polar surface area (TPSA) is 29.3 Å². The van der Waals surface area contributed by atoms with Gasteiger partial charge in [-0.3, -0.25) is 0 Å². The van der Waals surface area contributed by atoms with Gasteiger partial charge in [0.15, 0.2) is 5.58 Å². The van der Waals surface area contributed by atoms with Crippen molar-refractivity contribution in [1.82, 2.24) is 4.98 Å². The number of oxazole rings is 1. The maximum Gasteiger partial charge on any atom is 0.227 e. The van der Waals surface area contributed by atoms with Crippen LogP contribution in [0.3, 0.4) is 0 Å². The minimum atomic E-state index is 0.629. The minimum absolute atomic E-state index is 0.629. The molecule has 0 unspecified atom stereocenters. The van der Waals surface area contributed by atoms with Gasteiger partial charge in [0.05, 0.1) is 5.69 Å². The molecule has 0 spiro atoms. The maximum absolute atomic E-state index is 6.63. The Morgan fingerprint density at radius 2 is 0.904 bits per heavy atom. The number of aromatic nitrogens is 1. The van der Waals surface area contributed by atoms with Crippen LogP contribution in [0.25, 0.3) is 77.1 Å². The lowest BCUT2D eigenvalue weighted by atomic mass is 9.94. The summed E-state index contributed by atoms with van der Waals surface area (Å²) in [5, 5.41) is 6.83. The molecule has 0 fully saturated rings. The summed E-state index contributed by atoms with van der Waals surface area (Å²) in [6.45, 7) is 0. The molecular weight excluding hydrogens is 633 g/mol. The van der Waals surface area contributed by atoms with Crippen LogP contribution in [0.4, 0.5) is 17.1 Å². The second-order valence-corrected chi connectivity index (χ2v) is 13.2. The van der Waals surface area contributed by atoms with Crippen molar-refractivity contribution >= 4 is 60.5 Å². The number of anilines is 3. The van der Waals surface area contributed by atoms with E-state index in [2.05, 4.69) is 169 Å². The number of rotatable bonds is 6. The molecule has 0 saturated carbocycles. The molecule has 3 heteroatoms. The smallest absolute Gasteiger partial charge is 0.227 e. The van der Waals surface area contributed by atoms with Crippen LogP contribution in [0.1, 0.15) is 0 Å². The third-order valence-corrected chi connectivity index (χ3v) is 10.0. The highest BCUT2D eigenvalue weighted by Crippen LogP contribution is 2.44. The molecular formula is C49H32N2O. The van der Waals surface area contributed by atoms with Crippen molar-refractivity contribution in [3.63, 3.8) is 0 Å². The zero-order valence-electron chi connectivity index (χ0n) is 28.3. The summed E-state index contributed by atoms with van der Waals surface area (Å²) in [5.41, 5.74) is 10.6. The Balaban J connectivity index is 1.24. The predicted octanol–water partition coefficient (Wildman–Crippen LogP) is 13.8. The Hall–Kier alpha value is -6.97. The van der Waals surface area contributed by atoms with Crippen LogP contribution in [-0.2, 0) is 0 Å². The molecule has 10 rings (SSSR count). The molecule has 244 valence electrons. The number of nitrogens with zero attached hydrogens (tertiary/aromatic N) is 2. The van der Waals surface area contributed by atoms with Gasteiger partial charge in [-0.25, -0.2) is 4.98 Å². The van der Waals surface area contributed by atoms with E-state index in [0.29, 0.717) is 5.89 Å². The Labute approximate surface area is 301 Å². The summed E-state index contributed by atoms with van der Waals surface area (Å²) in [4.78, 5) is 7.34. The SMILES string of the molecule is c1ccc(-c2cccc(N(c3cccc(-c4ccccc4)c3)c3cccc4c3ccc3ccc5ccc6nc(-c7ccccc7)oc6c5c34)c2)cc1. The van der Waals surface area contributed by atoms with Crippen molar-refractivity contribution in [2.24, 2.45) is 0 Å². The first kappa shape index (κ1) is 29.9. The zero-order chi connectivity index (χ0) is 34.4. The van der Waals surface area contributed by atoms with Gasteiger partial charge in [-0.05, 0) is 86.9 Å². The summed E-state index contributed by atoms with van der Waals surface area (Å²) in [6.07, 6.45) is 0. The fourth-order valence-electron chi connectivity index (χ4n) is 7.60. The molecule has 0 radical (unpaired) electrons. The van der Waals surface area contributed by atoms with E-state index in [1.165, 1.54) is 22.3 Å². The normalized spacial score (nSPS) is 11.5. The maximum atomic E-state index is 6.63. The third kappa shape index (κ3) is 5.10. The average Bonchev–Trinajstić information content (AvgIpc) is 3.67. The lowest BCUT2D eigenvalue weighted by molar-refractivity contribution is 0.623. The molecule has 0 N–H and O–H groups in total. The molecule has 0 atom stereocenters. The van der Waals surface area contributed by atoms with Crippen LogP contribution in [-0.4, -0.2) is 4.98 Å². The number of hydrogen-bond acceptors (Lipinski definition) is 3. The molecule has 0 aliphatic heterocycles. The van der Waals surface area contributed by atoms with E-state index in [4.69, 9.17) is 9.40 Å². The third-order valence-electron chi connectivity index (χ3n) is 10.0. The van der Waals surface area contributed by atoms with Gasteiger partial charge < -0.3 is 9.32 Å². The zero-order valence-corrected chi connectivity index (χ0v) is 28.3. The van der Waals surface area contributed by atoms with Crippen LogP contribution in [0, 0.1) is 0 Å². The summed E-state index contributed by atoms with van der Waals surface area (Å²) >= 11 is 0. The summed E-state index contributed by atoms with van der Waals surface area (Å²) in [7, 11) is 0. The first-order valence-electron chi connectivity index (χ1n) is 17.6. The second kappa shape index (κ2) is 12.4. The lowest BCUT2D eigenvalue weighted by Gasteiger charge is -2.28. The molecule has 3 nitrogen and oxygen atoms in total. The van der Waals surface area contributed by atoms with E-state index in [0.717, 1.165) is 66.0 Å². The molecule has 10 aromatic rings. The van der Waals surface area contributed by atoms with Crippen molar-refractivity contribution < 1.29 is 4.42 Å². The van der Waals surface area contributed by atoms with Crippen molar-refractivity contribution in [2.45, 2.75) is 0 Å². The van der Waals surface area contributed by atoms with Crippen LogP contribution < -0.4 is 4.90 Å². The van der Waals surface area contributed by atoms with Gasteiger partial charge in [-0.1, -0.05) is 146 Å². The van der Waals surface area contributed by atoms with Gasteiger partial charge in [0, 0.05) is 33.1 Å². The minimum Gasteiger partial charge on any atom is -0.435 e. The highest BCUT2D eigenvalue weighted by molar-refractivity contribution is 6.27. The second-order valence-electron chi connectivity index (χ2n) is 13.2. The van der Waals surface area contributed by atoms with Crippen LogP contribution in [0.2, 0.25) is 0 Å². The van der Waals surface area contributed by atoms with Crippen molar-refractivity contribution in [2.75, 3.05) is 4.90 Å². The highest BCUT2D eigenvalue weighted by atomic mass is 16.3. The molecule has 9 aromatic carbocycles. The van der Waals surface area contributed by atoms with E-state index in [9.17, 15) is 0 Å². The molecule has 1 aromatic heterocycles. The van der Waals surface area contributed by atoms with Crippen LogP contribution in [0.5, 0.6) is 0 Å². The van der Waals surface area contributed by atoms with Crippen molar-refractivity contribution in [3.8, 4) is 33.7 Å². The molecule has 0 bridgehead atoms. The average molecular weight is 665 g/mol. The number of hydrogen-bond donors (Lipinski definition) is 0. The quantitative estimate of drug-likeness (QED) is 0.166. The van der Waals surface area contributed by atoms with Gasteiger partial charge in [-0.2, -0.15) is 0 Å². The van der Waals surface area contributed by atoms with Gasteiger partial charge >= 0.3 is 0 Å². The van der Waals surface area contributed by atoms with Gasteiger partial charge in [0.2, 0.25) is 5.89 Å². The van der Waals surface area contributed by atoms with Crippen molar-refractivity contribution in [1.29, 1.82) is 0 Å². The van der Waals surface area contributed by atoms with Crippen LogP contribution >= 0.6 is 0 Å². The Kier molecular flexibility index (Phi) is 7.14. The standard InChI is InChI=1S/C49H32N2O/c1-4-13-33(14-5-1)38-19-10-21-40(31-38)51(41-22-11-20-39(32-41)34-15-6-2-7-16-34)45-24-12-23-43-42(45)29-27-35-25-26-36-28-30-44-48(47(36)46(35)43)52-49(50-44)37-17-8-3-9-18-37/h1-32H.